The molecule has 2 heterocycles. The van der Waals surface area contributed by atoms with Gasteiger partial charge < -0.3 is 0 Å². The quantitative estimate of drug-likeness (QED) is 0.531. The van der Waals surface area contributed by atoms with E-state index in [0.717, 1.165) is 11.0 Å². The van der Waals surface area contributed by atoms with Crippen LogP contribution in [0.4, 0.5) is 0 Å². The Bertz CT molecular complexity index is 287. The van der Waals surface area contributed by atoms with Crippen LogP contribution in [0, 0.1) is 0 Å². The lowest BCUT2D eigenvalue weighted by Crippen LogP contribution is -1.76. The zero-order valence-electron chi connectivity index (χ0n) is 4.35. The minimum absolute atomic E-state index is 0.815. The van der Waals surface area contributed by atoms with Crippen LogP contribution in [0.5, 0.6) is 0 Å². The highest BCUT2D eigenvalue weighted by molar-refractivity contribution is 7.00. The van der Waals surface area contributed by atoms with Crippen LogP contribution in [0.3, 0.4) is 0 Å². The molecule has 0 spiro atoms. The summed E-state index contributed by atoms with van der Waals surface area (Å²) in [5.74, 6) is 0. The summed E-state index contributed by atoms with van der Waals surface area (Å²) in [7, 11) is 0. The Hall–Kier alpha value is -1.10. The minimum Gasteiger partial charge on any atom is -0.171 e. The highest BCUT2D eigenvalue weighted by Gasteiger charge is 1.93. The Morgan fingerprint density at radius 2 is 1.56 bits per heavy atom. The zero-order valence-corrected chi connectivity index (χ0v) is 5.17. The van der Waals surface area contributed by atoms with E-state index in [1.54, 1.807) is 12.4 Å². The number of hydrogen-bond donors (Lipinski definition) is 0. The molecule has 0 atom stereocenters. The standard InChI is InChI=1S/C4H2N4S/c1-3-4(2-6-5-1)8-9-7-3/h1-2H. The highest BCUT2D eigenvalue weighted by atomic mass is 32.1. The monoisotopic (exact) mass is 138 g/mol. The molecule has 0 saturated heterocycles. The average molecular weight is 138 g/mol. The van der Waals surface area contributed by atoms with Gasteiger partial charge in [-0.15, -0.1) is 0 Å². The number of nitrogens with zero attached hydrogens (tertiary/aromatic N) is 4. The van der Waals surface area contributed by atoms with Gasteiger partial charge in [0.1, 0.15) is 11.0 Å². The van der Waals surface area contributed by atoms with Crippen LogP contribution >= 0.6 is 11.7 Å². The van der Waals surface area contributed by atoms with E-state index in [2.05, 4.69) is 18.9 Å². The Morgan fingerprint density at radius 1 is 1.00 bits per heavy atom. The topological polar surface area (TPSA) is 51.6 Å². The van der Waals surface area contributed by atoms with E-state index >= 15 is 0 Å². The molecule has 2 aromatic heterocycles. The van der Waals surface area contributed by atoms with E-state index in [-0.39, 0.29) is 0 Å². The van der Waals surface area contributed by atoms with Crippen molar-refractivity contribution in [3.8, 4) is 0 Å². The van der Waals surface area contributed by atoms with Crippen molar-refractivity contribution in [3.63, 3.8) is 0 Å². The van der Waals surface area contributed by atoms with Crippen LogP contribution in [-0.2, 0) is 0 Å². The first-order valence-corrected chi connectivity index (χ1v) is 3.09. The largest absolute Gasteiger partial charge is 0.171 e. The third kappa shape index (κ3) is 0.655. The van der Waals surface area contributed by atoms with Crippen molar-refractivity contribution in [3.05, 3.63) is 12.4 Å². The second-order valence-electron chi connectivity index (χ2n) is 1.52. The molecule has 0 radical (unpaired) electrons. The van der Waals surface area contributed by atoms with E-state index < -0.39 is 0 Å². The second kappa shape index (κ2) is 1.70. The summed E-state index contributed by atoms with van der Waals surface area (Å²) >= 11 is 1.17. The maximum absolute atomic E-state index is 3.95. The normalized spacial score (nSPS) is 10.2. The molecular formula is C4H2N4S. The van der Waals surface area contributed by atoms with Crippen LogP contribution < -0.4 is 0 Å². The molecule has 0 aliphatic carbocycles. The summed E-state index contributed by atoms with van der Waals surface area (Å²) < 4.78 is 7.89. The zero-order chi connectivity index (χ0) is 6.10. The van der Waals surface area contributed by atoms with Gasteiger partial charge >= 0.3 is 0 Å². The number of aromatic nitrogens is 4. The predicted molar refractivity (Wildman–Crippen MR) is 33.0 cm³/mol. The van der Waals surface area contributed by atoms with Crippen LogP contribution in [0.25, 0.3) is 11.0 Å². The molecule has 0 unspecified atom stereocenters. The molecule has 0 N–H and O–H groups in total. The fraction of sp³-hybridized carbons (Fsp3) is 0. The summed E-state index contributed by atoms with van der Waals surface area (Å²) in [6.45, 7) is 0. The van der Waals surface area contributed by atoms with Crippen molar-refractivity contribution >= 4 is 22.8 Å². The lowest BCUT2D eigenvalue weighted by Gasteiger charge is -1.77. The Labute approximate surface area is 54.9 Å². The maximum atomic E-state index is 3.95. The predicted octanol–water partition coefficient (Wildman–Crippen LogP) is 0.481. The summed E-state index contributed by atoms with van der Waals surface area (Å²) in [5.41, 5.74) is 1.63. The molecule has 0 aliphatic heterocycles. The van der Waals surface area contributed by atoms with Crippen LogP contribution in [0.2, 0.25) is 0 Å². The second-order valence-corrected chi connectivity index (χ2v) is 2.05. The fourth-order valence-corrected chi connectivity index (χ4v) is 1.06. The van der Waals surface area contributed by atoms with Crippen molar-refractivity contribution in [1.29, 1.82) is 0 Å². The lowest BCUT2D eigenvalue weighted by molar-refractivity contribution is 1.05. The summed E-state index contributed by atoms with van der Waals surface area (Å²) in [5, 5.41) is 7.28. The molecule has 0 aromatic carbocycles. The van der Waals surface area contributed by atoms with Crippen LogP contribution in [0.1, 0.15) is 0 Å². The van der Waals surface area contributed by atoms with Crippen LogP contribution in [0.15, 0.2) is 12.4 Å². The highest BCUT2D eigenvalue weighted by Crippen LogP contribution is 2.04. The molecule has 9 heavy (non-hydrogen) atoms. The van der Waals surface area contributed by atoms with Crippen molar-refractivity contribution in [1.82, 2.24) is 18.9 Å². The third-order valence-corrected chi connectivity index (χ3v) is 1.52. The molecule has 0 bridgehead atoms. The molecule has 44 valence electrons. The van der Waals surface area contributed by atoms with Gasteiger partial charge in [0, 0.05) is 0 Å². The summed E-state index contributed by atoms with van der Waals surface area (Å²) in [6, 6.07) is 0. The molecule has 0 amide bonds. The smallest absolute Gasteiger partial charge is 0.126 e. The van der Waals surface area contributed by atoms with Gasteiger partial charge in [0.05, 0.1) is 24.1 Å². The van der Waals surface area contributed by atoms with Crippen molar-refractivity contribution in [2.75, 3.05) is 0 Å². The number of rotatable bonds is 0. The van der Waals surface area contributed by atoms with Gasteiger partial charge in [0.15, 0.2) is 0 Å². The molecule has 2 rings (SSSR count). The SMILES string of the molecule is c1nncc2nsnc12. The summed E-state index contributed by atoms with van der Waals surface area (Å²) in [4.78, 5) is 0. The van der Waals surface area contributed by atoms with Gasteiger partial charge in [-0.2, -0.15) is 18.9 Å². The Balaban J connectivity index is 2.95. The Kier molecular flexibility index (Phi) is 0.895. The maximum Gasteiger partial charge on any atom is 0.126 e. The first-order chi connectivity index (χ1) is 4.47. The first kappa shape index (κ1) is 4.75. The molecule has 5 heteroatoms. The van der Waals surface area contributed by atoms with Gasteiger partial charge in [0.2, 0.25) is 0 Å². The average Bonchev–Trinajstić information content (AvgIpc) is 2.33. The third-order valence-electron chi connectivity index (χ3n) is 0.967. The first-order valence-electron chi connectivity index (χ1n) is 2.36. The fourth-order valence-electron chi connectivity index (χ4n) is 0.557. The Morgan fingerprint density at radius 3 is 2.11 bits per heavy atom. The van der Waals surface area contributed by atoms with Gasteiger partial charge in [-0.1, -0.05) is 0 Å². The van der Waals surface area contributed by atoms with Crippen molar-refractivity contribution in [2.24, 2.45) is 0 Å². The molecule has 0 aliphatic rings. The van der Waals surface area contributed by atoms with Gasteiger partial charge in [0.25, 0.3) is 0 Å². The van der Waals surface area contributed by atoms with E-state index in [9.17, 15) is 0 Å². The minimum atomic E-state index is 0.815. The van der Waals surface area contributed by atoms with Gasteiger partial charge in [-0.05, 0) is 0 Å². The van der Waals surface area contributed by atoms with E-state index in [1.165, 1.54) is 11.7 Å². The summed E-state index contributed by atoms with van der Waals surface area (Å²) in [6.07, 6.45) is 3.19. The van der Waals surface area contributed by atoms with Crippen molar-refractivity contribution in [2.45, 2.75) is 0 Å². The lowest BCUT2D eigenvalue weighted by atomic mass is 10.5. The van der Waals surface area contributed by atoms with Crippen molar-refractivity contribution < 1.29 is 0 Å². The number of hydrogen-bond acceptors (Lipinski definition) is 5. The molecular weight excluding hydrogens is 136 g/mol. The number of fused-ring (bicyclic) bond motifs is 1. The molecule has 0 fully saturated rings. The van der Waals surface area contributed by atoms with E-state index in [0.29, 0.717) is 0 Å². The van der Waals surface area contributed by atoms with Gasteiger partial charge in [-0.25, -0.2) is 0 Å². The molecule has 2 aromatic rings. The van der Waals surface area contributed by atoms with Crippen LogP contribution in [-0.4, -0.2) is 18.9 Å². The van der Waals surface area contributed by atoms with E-state index in [1.807, 2.05) is 0 Å². The molecule has 4 nitrogen and oxygen atoms in total. The van der Waals surface area contributed by atoms with E-state index in [4.69, 9.17) is 0 Å². The molecule has 0 saturated carbocycles. The van der Waals surface area contributed by atoms with Gasteiger partial charge in [-0.3, -0.25) is 0 Å².